The van der Waals surface area contributed by atoms with Gasteiger partial charge in [0.2, 0.25) is 0 Å². The molecular formula is C15H15N3O3. The molecule has 0 fully saturated rings. The van der Waals surface area contributed by atoms with Crippen LogP contribution in [0.15, 0.2) is 42.5 Å². The summed E-state index contributed by atoms with van der Waals surface area (Å²) in [5, 5.41) is 23.7. The summed E-state index contributed by atoms with van der Waals surface area (Å²) in [6.45, 7) is 0. The van der Waals surface area contributed by atoms with Crippen LogP contribution in [-0.2, 0) is 0 Å². The van der Waals surface area contributed by atoms with Crippen molar-refractivity contribution < 1.29 is 10.0 Å². The Kier molecular flexibility index (Phi) is 3.23. The average Bonchev–Trinajstić information content (AvgIpc) is 2.78. The van der Waals surface area contributed by atoms with Crippen molar-refractivity contribution in [2.75, 3.05) is 5.32 Å². The van der Waals surface area contributed by atoms with Gasteiger partial charge in [0.1, 0.15) is 11.4 Å². The molecule has 0 amide bonds. The molecule has 0 spiro atoms. The van der Waals surface area contributed by atoms with Gasteiger partial charge in [-0.3, -0.25) is 10.1 Å². The number of nitro benzene ring substituents is 1. The zero-order valence-electron chi connectivity index (χ0n) is 11.2. The van der Waals surface area contributed by atoms with Gasteiger partial charge in [-0.1, -0.05) is 24.3 Å². The maximum atomic E-state index is 11.1. The summed E-state index contributed by atoms with van der Waals surface area (Å²) in [6, 6.07) is 11.8. The molecule has 4 N–H and O–H groups in total. The fraction of sp³-hybridized carbons (Fsp3) is 0.200. The molecule has 1 aliphatic rings. The topological polar surface area (TPSA) is 101 Å². The van der Waals surface area contributed by atoms with E-state index in [0.717, 1.165) is 17.2 Å². The van der Waals surface area contributed by atoms with Gasteiger partial charge in [0.05, 0.1) is 17.0 Å². The fourth-order valence-corrected chi connectivity index (χ4v) is 2.79. The summed E-state index contributed by atoms with van der Waals surface area (Å²) in [6.07, 6.45) is 0.678. The number of hydrogen-bond donors (Lipinski definition) is 3. The maximum Gasteiger partial charge on any atom is 0.296 e. The molecule has 0 bridgehead atoms. The SMILES string of the molecule is NC1CC(Nc2ccc(O)cc2[N+](=O)[O-])c2ccccc21. The van der Waals surface area contributed by atoms with Crippen LogP contribution in [-0.4, -0.2) is 10.0 Å². The Morgan fingerprint density at radius 1 is 1.24 bits per heavy atom. The van der Waals surface area contributed by atoms with Crippen LogP contribution in [0.5, 0.6) is 5.75 Å². The van der Waals surface area contributed by atoms with Crippen molar-refractivity contribution in [3.05, 3.63) is 63.7 Å². The molecule has 2 aromatic rings. The number of hydrogen-bond acceptors (Lipinski definition) is 5. The number of nitro groups is 1. The highest BCUT2D eigenvalue weighted by Gasteiger charge is 2.29. The van der Waals surface area contributed by atoms with Crippen LogP contribution in [0.4, 0.5) is 11.4 Å². The lowest BCUT2D eigenvalue weighted by Gasteiger charge is -2.15. The molecular weight excluding hydrogens is 270 g/mol. The van der Waals surface area contributed by atoms with Crippen molar-refractivity contribution >= 4 is 11.4 Å². The first-order valence-electron chi connectivity index (χ1n) is 6.64. The molecule has 0 heterocycles. The van der Waals surface area contributed by atoms with Crippen molar-refractivity contribution in [3.8, 4) is 5.75 Å². The Labute approximate surface area is 121 Å². The number of nitrogens with two attached hydrogens (primary N) is 1. The molecule has 1 aliphatic carbocycles. The predicted octanol–water partition coefficient (Wildman–Crippen LogP) is 2.86. The minimum atomic E-state index is -0.511. The Hall–Kier alpha value is -2.60. The number of nitrogens with zero attached hydrogens (tertiary/aromatic N) is 1. The van der Waals surface area contributed by atoms with Crippen LogP contribution in [0, 0.1) is 10.1 Å². The number of fused-ring (bicyclic) bond motifs is 1. The van der Waals surface area contributed by atoms with E-state index < -0.39 is 4.92 Å². The van der Waals surface area contributed by atoms with Crippen molar-refractivity contribution in [3.63, 3.8) is 0 Å². The molecule has 0 radical (unpaired) electrons. The number of nitrogens with one attached hydrogen (secondary N) is 1. The lowest BCUT2D eigenvalue weighted by Crippen LogP contribution is -2.11. The Balaban J connectivity index is 1.94. The van der Waals surface area contributed by atoms with E-state index in [2.05, 4.69) is 5.32 Å². The van der Waals surface area contributed by atoms with Crippen LogP contribution >= 0.6 is 0 Å². The molecule has 6 nitrogen and oxygen atoms in total. The van der Waals surface area contributed by atoms with Gasteiger partial charge in [-0.2, -0.15) is 0 Å². The number of anilines is 1. The molecule has 108 valence electrons. The minimum Gasteiger partial charge on any atom is -0.508 e. The fourth-order valence-electron chi connectivity index (χ4n) is 2.79. The molecule has 21 heavy (non-hydrogen) atoms. The van der Waals surface area contributed by atoms with Crippen molar-refractivity contribution in [1.29, 1.82) is 0 Å². The number of aromatic hydroxyl groups is 1. The normalized spacial score (nSPS) is 20.0. The van der Waals surface area contributed by atoms with Gasteiger partial charge >= 0.3 is 0 Å². The molecule has 2 aromatic carbocycles. The van der Waals surface area contributed by atoms with Gasteiger partial charge in [-0.05, 0) is 29.7 Å². The third-order valence-electron chi connectivity index (χ3n) is 3.77. The highest BCUT2D eigenvalue weighted by Crippen LogP contribution is 2.41. The van der Waals surface area contributed by atoms with Crippen LogP contribution in [0.2, 0.25) is 0 Å². The second-order valence-corrected chi connectivity index (χ2v) is 5.13. The van der Waals surface area contributed by atoms with Gasteiger partial charge in [-0.25, -0.2) is 0 Å². The van der Waals surface area contributed by atoms with Crippen molar-refractivity contribution in [2.24, 2.45) is 5.73 Å². The van der Waals surface area contributed by atoms with Gasteiger partial charge in [0, 0.05) is 6.04 Å². The summed E-state index contributed by atoms with van der Waals surface area (Å²) in [5.41, 5.74) is 8.46. The first-order valence-corrected chi connectivity index (χ1v) is 6.64. The average molecular weight is 285 g/mol. The number of phenolic OH excluding ortho intramolecular Hbond substituents is 1. The third-order valence-corrected chi connectivity index (χ3v) is 3.77. The lowest BCUT2D eigenvalue weighted by atomic mass is 10.1. The predicted molar refractivity (Wildman–Crippen MR) is 79.1 cm³/mol. The highest BCUT2D eigenvalue weighted by atomic mass is 16.6. The summed E-state index contributed by atoms with van der Waals surface area (Å²) in [7, 11) is 0. The zero-order valence-corrected chi connectivity index (χ0v) is 11.2. The summed E-state index contributed by atoms with van der Waals surface area (Å²) < 4.78 is 0. The van der Waals surface area contributed by atoms with E-state index in [9.17, 15) is 15.2 Å². The van der Waals surface area contributed by atoms with Gasteiger partial charge in [0.15, 0.2) is 0 Å². The summed E-state index contributed by atoms with van der Waals surface area (Å²) >= 11 is 0. The molecule has 0 saturated heterocycles. The largest absolute Gasteiger partial charge is 0.508 e. The van der Waals surface area contributed by atoms with Crippen LogP contribution in [0.1, 0.15) is 29.6 Å². The lowest BCUT2D eigenvalue weighted by molar-refractivity contribution is -0.384. The quantitative estimate of drug-likeness (QED) is 0.457. The minimum absolute atomic E-state index is 0.0700. The zero-order chi connectivity index (χ0) is 15.0. The van der Waals surface area contributed by atoms with E-state index in [-0.39, 0.29) is 23.5 Å². The smallest absolute Gasteiger partial charge is 0.296 e. The highest BCUT2D eigenvalue weighted by molar-refractivity contribution is 5.65. The molecule has 2 atom stereocenters. The first kappa shape index (κ1) is 13.4. The Morgan fingerprint density at radius 2 is 1.95 bits per heavy atom. The first-order chi connectivity index (χ1) is 10.1. The number of benzene rings is 2. The second kappa shape index (κ2) is 5.06. The Bertz CT molecular complexity index is 702. The van der Waals surface area contributed by atoms with E-state index in [0.29, 0.717) is 12.1 Å². The van der Waals surface area contributed by atoms with Crippen molar-refractivity contribution in [2.45, 2.75) is 18.5 Å². The van der Waals surface area contributed by atoms with E-state index in [1.165, 1.54) is 12.1 Å². The van der Waals surface area contributed by atoms with E-state index >= 15 is 0 Å². The Morgan fingerprint density at radius 3 is 2.67 bits per heavy atom. The second-order valence-electron chi connectivity index (χ2n) is 5.13. The molecule has 0 saturated carbocycles. The van der Waals surface area contributed by atoms with E-state index in [1.807, 2.05) is 24.3 Å². The number of phenols is 1. The van der Waals surface area contributed by atoms with Crippen molar-refractivity contribution in [1.82, 2.24) is 0 Å². The van der Waals surface area contributed by atoms with Crippen LogP contribution in [0.25, 0.3) is 0 Å². The van der Waals surface area contributed by atoms with Gasteiger partial charge in [0.25, 0.3) is 5.69 Å². The summed E-state index contributed by atoms with van der Waals surface area (Å²) in [4.78, 5) is 10.6. The molecule has 6 heteroatoms. The van der Waals surface area contributed by atoms with Crippen LogP contribution in [0.3, 0.4) is 0 Å². The maximum absolute atomic E-state index is 11.1. The third kappa shape index (κ3) is 2.41. The molecule has 3 rings (SSSR count). The van der Waals surface area contributed by atoms with E-state index in [1.54, 1.807) is 0 Å². The standard InChI is InChI=1S/C15H15N3O3/c16-12-8-14(11-4-2-1-3-10(11)12)17-13-6-5-9(19)7-15(13)18(20)21/h1-7,12,14,17,19H,8,16H2. The molecule has 0 aliphatic heterocycles. The monoisotopic (exact) mass is 285 g/mol. The molecule has 0 aromatic heterocycles. The number of rotatable bonds is 3. The van der Waals surface area contributed by atoms with Gasteiger partial charge in [-0.15, -0.1) is 0 Å². The summed E-state index contributed by atoms with van der Waals surface area (Å²) in [5.74, 6) is -0.129. The van der Waals surface area contributed by atoms with Gasteiger partial charge < -0.3 is 16.2 Å². The van der Waals surface area contributed by atoms with E-state index in [4.69, 9.17) is 5.73 Å². The van der Waals surface area contributed by atoms with Crippen LogP contribution < -0.4 is 11.1 Å². The molecule has 2 unspecified atom stereocenters.